The standard InChI is InChI=1S/C32H59O7PSi/c1-23(2)22-35-27(33)21-25-19-24(3)20-26(37-40(34,38-29(4,5)6)39-30(7,8)9)28(25)32(13,14)17-18-36-41(15,16)31(10,11)12/h19-20,23H,17-18,21-22H2,1-16H3. The van der Waals surface area contributed by atoms with Gasteiger partial charge in [0.05, 0.1) is 24.2 Å². The molecule has 0 fully saturated rings. The van der Waals surface area contributed by atoms with E-state index in [1.54, 1.807) is 0 Å². The molecule has 0 saturated heterocycles. The normalized spacial score (nSPS) is 14.0. The first-order chi connectivity index (χ1) is 18.2. The largest absolute Gasteiger partial charge is 0.531 e. The quantitative estimate of drug-likeness (QED) is 0.124. The smallest absolute Gasteiger partial charge is 0.465 e. The van der Waals surface area contributed by atoms with Gasteiger partial charge in [0.15, 0.2) is 8.32 Å². The van der Waals surface area contributed by atoms with Crippen LogP contribution in [0.1, 0.15) is 113 Å². The number of aryl methyl sites for hydroxylation is 1. The lowest BCUT2D eigenvalue weighted by molar-refractivity contribution is -0.143. The maximum absolute atomic E-state index is 14.2. The van der Waals surface area contributed by atoms with Crippen LogP contribution in [-0.2, 0) is 39.4 Å². The minimum atomic E-state index is -4.10. The SMILES string of the molecule is Cc1cc(CC(=O)OCC(C)C)c(C(C)(C)CCO[Si](C)(C)C(C)(C)C)c(OP(=O)(OC(C)(C)C)OC(C)(C)C)c1. The highest BCUT2D eigenvalue weighted by Gasteiger charge is 2.42. The lowest BCUT2D eigenvalue weighted by Gasteiger charge is -2.38. The van der Waals surface area contributed by atoms with Crippen LogP contribution in [0.3, 0.4) is 0 Å². The zero-order valence-corrected chi connectivity index (χ0v) is 30.8. The van der Waals surface area contributed by atoms with E-state index < -0.39 is 32.8 Å². The summed E-state index contributed by atoms with van der Waals surface area (Å²) < 4.78 is 44.5. The Morgan fingerprint density at radius 2 is 1.41 bits per heavy atom. The van der Waals surface area contributed by atoms with Gasteiger partial charge in [-0.05, 0) is 102 Å². The van der Waals surface area contributed by atoms with Crippen molar-refractivity contribution in [2.75, 3.05) is 13.2 Å². The average Bonchev–Trinajstić information content (AvgIpc) is 2.67. The third-order valence-corrected chi connectivity index (χ3v) is 13.4. The molecule has 0 aliphatic rings. The molecule has 0 bridgehead atoms. The highest BCUT2D eigenvalue weighted by atomic mass is 31.2. The Morgan fingerprint density at radius 1 is 0.902 bits per heavy atom. The molecule has 1 aromatic carbocycles. The van der Waals surface area contributed by atoms with E-state index in [1.807, 2.05) is 74.4 Å². The molecule has 0 N–H and O–H groups in total. The third-order valence-electron chi connectivity index (χ3n) is 6.90. The molecular weight excluding hydrogens is 555 g/mol. The zero-order chi connectivity index (χ0) is 32.2. The van der Waals surface area contributed by atoms with Gasteiger partial charge in [0, 0.05) is 12.2 Å². The molecule has 1 aromatic rings. The van der Waals surface area contributed by atoms with E-state index in [-0.39, 0.29) is 23.3 Å². The van der Waals surface area contributed by atoms with Gasteiger partial charge in [0.25, 0.3) is 0 Å². The molecule has 0 aromatic heterocycles. The average molecular weight is 615 g/mol. The van der Waals surface area contributed by atoms with Crippen LogP contribution in [0.25, 0.3) is 0 Å². The van der Waals surface area contributed by atoms with Crippen molar-refractivity contribution >= 4 is 22.1 Å². The van der Waals surface area contributed by atoms with Crippen LogP contribution in [0.5, 0.6) is 5.75 Å². The van der Waals surface area contributed by atoms with Crippen LogP contribution >= 0.6 is 7.82 Å². The fourth-order valence-corrected chi connectivity index (χ4v) is 6.91. The molecule has 7 nitrogen and oxygen atoms in total. The second-order valence-corrected chi connectivity index (χ2v) is 22.0. The summed E-state index contributed by atoms with van der Waals surface area (Å²) in [6, 6.07) is 3.83. The van der Waals surface area contributed by atoms with Crippen LogP contribution in [0, 0.1) is 12.8 Å². The summed E-state index contributed by atoms with van der Waals surface area (Å²) in [5.74, 6) is 0.296. The van der Waals surface area contributed by atoms with Crippen LogP contribution < -0.4 is 4.52 Å². The van der Waals surface area contributed by atoms with Crippen molar-refractivity contribution < 1.29 is 32.1 Å². The molecule has 1 rings (SSSR count). The minimum Gasteiger partial charge on any atom is -0.465 e. The summed E-state index contributed by atoms with van der Waals surface area (Å²) in [5.41, 5.74) is 0.319. The molecular formula is C32H59O7PSi. The third kappa shape index (κ3) is 12.9. The fraction of sp³-hybridized carbons (Fsp3) is 0.781. The predicted octanol–water partition coefficient (Wildman–Crippen LogP) is 9.54. The second kappa shape index (κ2) is 13.6. The van der Waals surface area contributed by atoms with Crippen molar-refractivity contribution in [3.05, 3.63) is 28.8 Å². The Hall–Kier alpha value is -1.18. The summed E-state index contributed by atoms with van der Waals surface area (Å²) in [6.45, 7) is 33.0. The van der Waals surface area contributed by atoms with Crippen molar-refractivity contribution in [2.24, 2.45) is 5.92 Å². The van der Waals surface area contributed by atoms with Crippen molar-refractivity contribution in [2.45, 2.75) is 145 Å². The number of carbonyl (C=O) groups is 1. The first-order valence-corrected chi connectivity index (χ1v) is 19.2. The fourth-order valence-electron chi connectivity index (χ4n) is 4.02. The monoisotopic (exact) mass is 614 g/mol. The van der Waals surface area contributed by atoms with Gasteiger partial charge in [-0.25, -0.2) is 4.57 Å². The molecule has 0 unspecified atom stereocenters. The topological polar surface area (TPSA) is 80.3 Å². The Labute approximate surface area is 252 Å². The van der Waals surface area contributed by atoms with Crippen LogP contribution in [0.4, 0.5) is 0 Å². The minimum absolute atomic E-state index is 0.0666. The number of rotatable bonds is 13. The molecule has 0 amide bonds. The van der Waals surface area contributed by atoms with E-state index in [9.17, 15) is 9.36 Å². The maximum Gasteiger partial charge on any atom is 0.531 e. The van der Waals surface area contributed by atoms with Gasteiger partial charge < -0.3 is 13.7 Å². The van der Waals surface area contributed by atoms with Gasteiger partial charge in [-0.2, -0.15) is 0 Å². The molecule has 0 radical (unpaired) electrons. The number of ether oxygens (including phenoxy) is 1. The lowest BCUT2D eigenvalue weighted by atomic mass is 9.77. The van der Waals surface area contributed by atoms with E-state index in [4.69, 9.17) is 22.7 Å². The summed E-state index contributed by atoms with van der Waals surface area (Å²) in [4.78, 5) is 12.9. The molecule has 0 saturated carbocycles. The van der Waals surface area contributed by atoms with E-state index in [1.165, 1.54) is 0 Å². The Kier molecular flexibility index (Phi) is 12.6. The number of hydrogen-bond donors (Lipinski definition) is 0. The molecule has 238 valence electrons. The van der Waals surface area contributed by atoms with Gasteiger partial charge in [0.1, 0.15) is 5.75 Å². The first-order valence-electron chi connectivity index (χ1n) is 14.8. The lowest BCUT2D eigenvalue weighted by Crippen LogP contribution is -2.41. The molecule has 0 spiro atoms. The van der Waals surface area contributed by atoms with Crippen molar-refractivity contribution in [3.63, 3.8) is 0 Å². The van der Waals surface area contributed by atoms with Crippen molar-refractivity contribution in [3.8, 4) is 5.75 Å². The Balaban J connectivity index is 3.68. The summed E-state index contributed by atoms with van der Waals surface area (Å²) in [6.07, 6.45) is 0.731. The summed E-state index contributed by atoms with van der Waals surface area (Å²) in [5, 5.41) is 0.0852. The van der Waals surface area contributed by atoms with Gasteiger partial charge in [-0.15, -0.1) is 0 Å². The highest BCUT2D eigenvalue weighted by Crippen LogP contribution is 2.57. The highest BCUT2D eigenvalue weighted by molar-refractivity contribution is 7.49. The Bertz CT molecular complexity index is 1050. The number of phosphoric acid groups is 1. The van der Waals surface area contributed by atoms with Gasteiger partial charge in [-0.1, -0.05) is 54.5 Å². The van der Waals surface area contributed by atoms with Crippen LogP contribution in [-0.4, -0.2) is 38.7 Å². The number of esters is 1. The molecule has 0 aliphatic heterocycles. The van der Waals surface area contributed by atoms with E-state index >= 15 is 0 Å². The second-order valence-electron chi connectivity index (χ2n) is 15.7. The van der Waals surface area contributed by atoms with E-state index in [0.29, 0.717) is 25.4 Å². The molecule has 41 heavy (non-hydrogen) atoms. The molecule has 0 aliphatic carbocycles. The summed E-state index contributed by atoms with van der Waals surface area (Å²) >= 11 is 0. The first kappa shape index (κ1) is 37.8. The van der Waals surface area contributed by atoms with Crippen LogP contribution in [0.15, 0.2) is 12.1 Å². The van der Waals surface area contributed by atoms with E-state index in [0.717, 1.165) is 16.7 Å². The van der Waals surface area contributed by atoms with Gasteiger partial charge in [0.2, 0.25) is 0 Å². The maximum atomic E-state index is 14.2. The number of benzene rings is 1. The van der Waals surface area contributed by atoms with Crippen LogP contribution in [0.2, 0.25) is 18.1 Å². The summed E-state index contributed by atoms with van der Waals surface area (Å²) in [7, 11) is -6.07. The molecule has 0 atom stereocenters. The van der Waals surface area contributed by atoms with E-state index in [2.05, 4.69) is 47.7 Å². The molecule has 0 heterocycles. The van der Waals surface area contributed by atoms with Gasteiger partial charge in [-0.3, -0.25) is 13.8 Å². The zero-order valence-electron chi connectivity index (χ0n) is 28.9. The number of phosphoric ester groups is 1. The predicted molar refractivity (Wildman–Crippen MR) is 171 cm³/mol. The molecule has 9 heteroatoms. The Morgan fingerprint density at radius 3 is 1.85 bits per heavy atom. The van der Waals surface area contributed by atoms with Crippen molar-refractivity contribution in [1.29, 1.82) is 0 Å². The van der Waals surface area contributed by atoms with Gasteiger partial charge >= 0.3 is 13.8 Å². The number of hydrogen-bond acceptors (Lipinski definition) is 7. The number of carbonyl (C=O) groups excluding carboxylic acids is 1. The van der Waals surface area contributed by atoms with Crippen molar-refractivity contribution in [1.82, 2.24) is 0 Å².